The van der Waals surface area contributed by atoms with Crippen molar-refractivity contribution in [2.45, 2.75) is 103 Å². The van der Waals surface area contributed by atoms with Crippen LogP contribution in [0.2, 0.25) is 30.7 Å². The molecule has 0 radical (unpaired) electrons. The fourth-order valence-corrected chi connectivity index (χ4v) is 10.5. The first-order valence-corrected chi connectivity index (χ1v) is 27.9. The molecule has 3 aromatic rings. The van der Waals surface area contributed by atoms with Gasteiger partial charge in [-0.25, -0.2) is 9.59 Å². The van der Waals surface area contributed by atoms with Gasteiger partial charge < -0.3 is 39.1 Å². The predicted molar refractivity (Wildman–Crippen MR) is 260 cm³/mol. The molecule has 17 heteroatoms. The third kappa shape index (κ3) is 13.4. The monoisotopic (exact) mass is 931 g/mol. The van der Waals surface area contributed by atoms with Crippen LogP contribution >= 0.6 is 11.6 Å². The molecule has 0 spiro atoms. The molecule has 65 heavy (non-hydrogen) atoms. The molecule has 3 fully saturated rings. The number of amides is 2. The number of nitriles is 1. The van der Waals surface area contributed by atoms with Gasteiger partial charge in [-0.05, 0) is 89.7 Å². The summed E-state index contributed by atoms with van der Waals surface area (Å²) < 4.78 is 17.8. The van der Waals surface area contributed by atoms with Crippen molar-refractivity contribution in [1.82, 2.24) is 34.9 Å². The second-order valence-electron chi connectivity index (χ2n) is 20.2. The summed E-state index contributed by atoms with van der Waals surface area (Å²) in [4.78, 5) is 49.5. The molecule has 354 valence electrons. The Bertz CT molecular complexity index is 2130. The van der Waals surface area contributed by atoms with Crippen LogP contribution in [0.25, 0.3) is 10.8 Å². The van der Waals surface area contributed by atoms with Gasteiger partial charge in [-0.3, -0.25) is 9.80 Å². The highest BCUT2D eigenvalue weighted by molar-refractivity contribution is 6.76. The standard InChI is InChI=1S/C48H71ClN10O5Si/c1-48(2,3)64-46(60)51-19-24-55-27-25-54(26-28-55)20-10-22-56-21-9-13-38(56)35-63-45-52-41-34-57(42-15-8-12-36-11-7-14-40(49)43(36)42)23-17-39(41)44(53-45)58-29-30-59(37(33-58)16-18-50)47(61)62-31-32-65(4,5)6/h7-8,11-12,14-15,37-38H,9-10,13,16-17,19-35H2,1-6H3,(H,51,60)/t37-,38-/m0/s1. The Morgan fingerprint density at radius 1 is 0.923 bits per heavy atom. The lowest BCUT2D eigenvalue weighted by atomic mass is 10.0. The van der Waals surface area contributed by atoms with Gasteiger partial charge in [0.2, 0.25) is 0 Å². The Morgan fingerprint density at radius 3 is 2.42 bits per heavy atom. The third-order valence-electron chi connectivity index (χ3n) is 13.0. The number of ether oxygens (including phenoxy) is 3. The van der Waals surface area contributed by atoms with E-state index in [9.17, 15) is 14.9 Å². The van der Waals surface area contributed by atoms with Crippen molar-refractivity contribution in [3.63, 3.8) is 0 Å². The number of rotatable bonds is 16. The SMILES string of the molecule is CC(C)(C)OC(=O)NCCN1CCN(CCCN2CCC[C@H]2COc2nc3c(c(N4CCN(C(=O)OCC[Si](C)(C)C)[C@@H](CC#N)C4)n2)CCN(c2cccc4cccc(Cl)c24)C3)CC1. The van der Waals surface area contributed by atoms with Crippen molar-refractivity contribution in [3.8, 4) is 12.1 Å². The number of alkyl carbamates (subject to hydrolysis) is 1. The van der Waals surface area contributed by atoms with Gasteiger partial charge in [-0.1, -0.05) is 55.5 Å². The number of nitrogens with one attached hydrogen (secondary N) is 1. The van der Waals surface area contributed by atoms with Gasteiger partial charge >= 0.3 is 18.2 Å². The molecular weight excluding hydrogens is 860 g/mol. The number of nitrogens with zero attached hydrogens (tertiary/aromatic N) is 9. The number of fused-ring (bicyclic) bond motifs is 2. The number of carbonyl (C=O) groups is 2. The van der Waals surface area contributed by atoms with E-state index in [-0.39, 0.29) is 30.7 Å². The summed E-state index contributed by atoms with van der Waals surface area (Å²) in [5, 5.41) is 15.6. The molecular formula is C48H71ClN10O5Si. The second-order valence-corrected chi connectivity index (χ2v) is 26.3. The summed E-state index contributed by atoms with van der Waals surface area (Å²) in [5.41, 5.74) is 2.59. The molecule has 1 aromatic heterocycles. The van der Waals surface area contributed by atoms with Crippen LogP contribution in [-0.4, -0.2) is 166 Å². The molecule has 4 aliphatic rings. The quantitative estimate of drug-likeness (QED) is 0.146. The number of likely N-dealkylation sites (tertiary alicyclic amines) is 1. The maximum Gasteiger partial charge on any atom is 0.410 e. The number of anilines is 2. The average molecular weight is 932 g/mol. The van der Waals surface area contributed by atoms with E-state index in [1.54, 1.807) is 4.90 Å². The van der Waals surface area contributed by atoms with Gasteiger partial charge in [0.1, 0.15) is 18.0 Å². The molecule has 0 saturated carbocycles. The fraction of sp³-hybridized carbons (Fsp3) is 0.646. The van der Waals surface area contributed by atoms with E-state index in [1.165, 1.54) is 0 Å². The molecule has 3 saturated heterocycles. The third-order valence-corrected chi connectivity index (χ3v) is 15.0. The topological polar surface area (TPSA) is 143 Å². The van der Waals surface area contributed by atoms with Crippen molar-refractivity contribution < 1.29 is 23.8 Å². The Kier molecular flexibility index (Phi) is 16.4. The average Bonchev–Trinajstić information content (AvgIpc) is 3.71. The molecule has 2 aromatic carbocycles. The molecule has 2 amide bonds. The van der Waals surface area contributed by atoms with Gasteiger partial charge in [0, 0.05) is 96.2 Å². The van der Waals surface area contributed by atoms with Crippen LogP contribution in [0.1, 0.15) is 57.7 Å². The fourth-order valence-electron chi connectivity index (χ4n) is 9.47. The van der Waals surface area contributed by atoms with Crippen LogP contribution in [0.15, 0.2) is 36.4 Å². The number of halogens is 1. The summed E-state index contributed by atoms with van der Waals surface area (Å²) in [6.45, 7) is 24.7. The molecule has 1 N–H and O–H groups in total. The lowest BCUT2D eigenvalue weighted by Gasteiger charge is -2.42. The molecule has 7 rings (SSSR count). The van der Waals surface area contributed by atoms with Gasteiger partial charge in [0.05, 0.1) is 42.4 Å². The van der Waals surface area contributed by atoms with E-state index in [0.29, 0.717) is 51.9 Å². The first kappa shape index (κ1) is 48.5. The van der Waals surface area contributed by atoms with Gasteiger partial charge in [0.15, 0.2) is 0 Å². The highest BCUT2D eigenvalue weighted by Gasteiger charge is 2.36. The van der Waals surface area contributed by atoms with Crippen molar-refractivity contribution in [1.29, 1.82) is 5.26 Å². The smallest absolute Gasteiger partial charge is 0.410 e. The highest BCUT2D eigenvalue weighted by Crippen LogP contribution is 2.37. The maximum absolute atomic E-state index is 13.4. The van der Waals surface area contributed by atoms with Crippen molar-refractivity contribution in [3.05, 3.63) is 52.7 Å². The highest BCUT2D eigenvalue weighted by atomic mass is 35.5. The number of benzene rings is 2. The van der Waals surface area contributed by atoms with E-state index in [4.69, 9.17) is 35.8 Å². The number of aromatic nitrogens is 2. The van der Waals surface area contributed by atoms with Crippen LogP contribution in [0.4, 0.5) is 21.1 Å². The van der Waals surface area contributed by atoms with Gasteiger partial charge in [-0.15, -0.1) is 0 Å². The summed E-state index contributed by atoms with van der Waals surface area (Å²) in [6.07, 6.45) is 3.52. The van der Waals surface area contributed by atoms with Gasteiger partial charge in [-0.2, -0.15) is 15.2 Å². The normalized spacial score (nSPS) is 20.1. The summed E-state index contributed by atoms with van der Waals surface area (Å²) in [5.74, 6) is 0.831. The minimum atomic E-state index is -1.38. The Balaban J connectivity index is 0.993. The van der Waals surface area contributed by atoms with Crippen LogP contribution in [0, 0.1) is 11.3 Å². The number of hydrogen-bond donors (Lipinski definition) is 1. The Labute approximate surface area is 392 Å². The Morgan fingerprint density at radius 2 is 1.68 bits per heavy atom. The zero-order chi connectivity index (χ0) is 46.1. The summed E-state index contributed by atoms with van der Waals surface area (Å²) >= 11 is 6.82. The molecule has 2 atom stereocenters. The molecule has 0 aliphatic carbocycles. The summed E-state index contributed by atoms with van der Waals surface area (Å²) in [6, 6.07) is 15.9. The first-order valence-electron chi connectivity index (χ1n) is 23.8. The van der Waals surface area contributed by atoms with Crippen LogP contribution in [0.5, 0.6) is 6.01 Å². The van der Waals surface area contributed by atoms with E-state index < -0.39 is 13.7 Å². The van der Waals surface area contributed by atoms with Crippen LogP contribution in [-0.2, 0) is 22.4 Å². The number of hydrogen-bond acceptors (Lipinski definition) is 13. The molecule has 15 nitrogen and oxygen atoms in total. The lowest BCUT2D eigenvalue weighted by Crippen LogP contribution is -2.56. The Hall–Kier alpha value is -4.40. The van der Waals surface area contributed by atoms with Gasteiger partial charge in [0.25, 0.3) is 0 Å². The second kappa shape index (κ2) is 21.9. The molecule has 0 bridgehead atoms. The van der Waals surface area contributed by atoms with E-state index in [1.807, 2.05) is 32.9 Å². The number of piperazine rings is 2. The van der Waals surface area contributed by atoms with Crippen molar-refractivity contribution >= 4 is 54.1 Å². The molecule has 4 aliphatic heterocycles. The summed E-state index contributed by atoms with van der Waals surface area (Å²) in [7, 11) is -1.38. The lowest BCUT2D eigenvalue weighted by molar-refractivity contribution is 0.0515. The van der Waals surface area contributed by atoms with Crippen molar-refractivity contribution in [2.24, 2.45) is 0 Å². The van der Waals surface area contributed by atoms with Crippen LogP contribution < -0.4 is 19.9 Å². The maximum atomic E-state index is 13.4. The van der Waals surface area contributed by atoms with Crippen LogP contribution in [0.3, 0.4) is 0 Å². The first-order chi connectivity index (χ1) is 31.1. The largest absolute Gasteiger partial charge is 0.462 e. The van der Waals surface area contributed by atoms with E-state index >= 15 is 0 Å². The van der Waals surface area contributed by atoms with E-state index in [0.717, 1.165) is 129 Å². The number of carbonyl (C=O) groups excluding carboxylic acids is 2. The zero-order valence-corrected chi connectivity index (χ0v) is 41.4. The minimum absolute atomic E-state index is 0.203. The predicted octanol–water partition coefficient (Wildman–Crippen LogP) is 7.10. The zero-order valence-electron chi connectivity index (χ0n) is 39.6. The molecule has 5 heterocycles. The molecule has 0 unspecified atom stereocenters. The van der Waals surface area contributed by atoms with Crippen molar-refractivity contribution in [2.75, 3.05) is 108 Å². The van der Waals surface area contributed by atoms with E-state index in [2.05, 4.69) is 79.8 Å². The minimum Gasteiger partial charge on any atom is -0.462 e.